The Balaban J connectivity index is 1.11. The molecule has 1 aromatic carbocycles. The fraction of sp³-hybridized carbons (Fsp3) is 0.520. The molecule has 2 N–H and O–H groups in total. The Morgan fingerprint density at radius 2 is 1.92 bits per heavy atom. The van der Waals surface area contributed by atoms with E-state index in [2.05, 4.69) is 25.0 Å². The van der Waals surface area contributed by atoms with E-state index in [9.17, 15) is 4.39 Å². The molecule has 4 heterocycles. The van der Waals surface area contributed by atoms with Crippen LogP contribution in [0.1, 0.15) is 49.9 Å². The van der Waals surface area contributed by atoms with Gasteiger partial charge in [-0.2, -0.15) is 4.98 Å². The molecule has 2 aliphatic heterocycles. The number of rotatable bonds is 7. The lowest BCUT2D eigenvalue weighted by Crippen LogP contribution is -2.35. The van der Waals surface area contributed by atoms with Gasteiger partial charge in [0.25, 0.3) is 0 Å². The monoisotopic (exact) mass is 515 g/mol. The number of nitrogens with zero attached hydrogens (tertiary/aromatic N) is 6. The second-order valence-corrected chi connectivity index (χ2v) is 10.3. The van der Waals surface area contributed by atoms with Gasteiger partial charge < -0.3 is 24.8 Å². The Morgan fingerprint density at radius 1 is 1.17 bits per heavy atom. The van der Waals surface area contributed by atoms with Gasteiger partial charge in [0.2, 0.25) is 5.95 Å². The van der Waals surface area contributed by atoms with E-state index in [0.29, 0.717) is 53.9 Å². The summed E-state index contributed by atoms with van der Waals surface area (Å²) in [6.07, 6.45) is 5.32. The lowest BCUT2D eigenvalue weighted by atomic mass is 9.94. The van der Waals surface area contributed by atoms with Crippen LogP contribution in [0.15, 0.2) is 35.1 Å². The largest absolute Gasteiger partial charge is 0.490 e. The van der Waals surface area contributed by atoms with Crippen molar-refractivity contribution >= 4 is 23.6 Å². The van der Waals surface area contributed by atoms with E-state index in [1.807, 2.05) is 18.7 Å². The summed E-state index contributed by atoms with van der Waals surface area (Å²) < 4.78 is 25.8. The molecule has 3 aromatic rings. The molecule has 5 rings (SSSR count). The summed E-state index contributed by atoms with van der Waals surface area (Å²) in [6, 6.07) is 4.93. The number of hydrogen-bond donors (Lipinski definition) is 1. The predicted octanol–water partition coefficient (Wildman–Crippen LogP) is 4.00. The average molecular weight is 516 g/mol. The minimum Gasteiger partial charge on any atom is -0.490 e. The van der Waals surface area contributed by atoms with E-state index in [1.165, 1.54) is 6.07 Å². The smallest absolute Gasteiger partial charge is 0.324 e. The lowest BCUT2D eigenvalue weighted by molar-refractivity contribution is 0.219. The fourth-order valence-corrected chi connectivity index (χ4v) is 4.94. The molecule has 2 unspecified atom stereocenters. The zero-order valence-corrected chi connectivity index (χ0v) is 21.2. The van der Waals surface area contributed by atoms with Crippen LogP contribution in [0.25, 0.3) is 0 Å². The van der Waals surface area contributed by atoms with E-state index in [0.717, 1.165) is 31.8 Å². The molecule has 11 heteroatoms. The van der Waals surface area contributed by atoms with Crippen molar-refractivity contribution in [2.75, 3.05) is 42.6 Å². The van der Waals surface area contributed by atoms with Crippen LogP contribution in [-0.4, -0.2) is 58.9 Å². The minimum absolute atomic E-state index is 0.182. The van der Waals surface area contributed by atoms with Crippen LogP contribution >= 0.6 is 11.6 Å². The third-order valence-electron chi connectivity index (χ3n) is 6.94. The predicted molar refractivity (Wildman–Crippen MR) is 135 cm³/mol. The number of anilines is 2. The van der Waals surface area contributed by atoms with Gasteiger partial charge in [-0.15, -0.1) is 0 Å². The molecule has 36 heavy (non-hydrogen) atoms. The van der Waals surface area contributed by atoms with Crippen LogP contribution < -0.4 is 20.3 Å². The first-order valence-corrected chi connectivity index (χ1v) is 12.7. The molecule has 0 aliphatic carbocycles. The molecule has 2 fully saturated rings. The lowest BCUT2D eigenvalue weighted by Gasteiger charge is -2.30. The highest BCUT2D eigenvalue weighted by molar-refractivity contribution is 6.30. The van der Waals surface area contributed by atoms with Gasteiger partial charge in [-0.05, 0) is 42.5 Å². The summed E-state index contributed by atoms with van der Waals surface area (Å²) >= 11 is 6.07. The Labute approximate surface area is 214 Å². The molecule has 2 aromatic heterocycles. The van der Waals surface area contributed by atoms with Crippen molar-refractivity contribution in [1.29, 1.82) is 0 Å². The maximum Gasteiger partial charge on any atom is 0.324 e. The standard InChI is InChI=1S/C25H31ClFN7O2/c1-15(2)23-31-25(36-32-23)33-7-5-16(6-8-33)14-35-18-10-29-24(30-11-18)34-12-20(22(28)13-34)19-9-17(26)3-4-21(19)27/h3-4,9-11,15-16,20,22H,5-8,12-14,28H2,1-2H3. The quantitative estimate of drug-likeness (QED) is 0.499. The Morgan fingerprint density at radius 3 is 2.61 bits per heavy atom. The zero-order valence-electron chi connectivity index (χ0n) is 20.5. The van der Waals surface area contributed by atoms with Crippen molar-refractivity contribution in [3.8, 4) is 5.75 Å². The second-order valence-electron chi connectivity index (χ2n) is 9.89. The molecule has 9 nitrogen and oxygen atoms in total. The van der Waals surface area contributed by atoms with Crippen LogP contribution in [0.2, 0.25) is 5.02 Å². The molecule has 2 aliphatic rings. The van der Waals surface area contributed by atoms with Crippen molar-refractivity contribution in [2.45, 2.75) is 44.6 Å². The molecule has 0 radical (unpaired) electrons. The molecule has 0 spiro atoms. The highest BCUT2D eigenvalue weighted by Gasteiger charge is 2.34. The fourth-order valence-electron chi connectivity index (χ4n) is 4.76. The summed E-state index contributed by atoms with van der Waals surface area (Å²) in [5.74, 6) is 2.11. The van der Waals surface area contributed by atoms with Gasteiger partial charge in [-0.3, -0.25) is 0 Å². The van der Waals surface area contributed by atoms with Crippen LogP contribution in [0.3, 0.4) is 0 Å². The van der Waals surface area contributed by atoms with Crippen molar-refractivity contribution in [2.24, 2.45) is 11.7 Å². The molecule has 2 saturated heterocycles. The van der Waals surface area contributed by atoms with Crippen molar-refractivity contribution in [3.63, 3.8) is 0 Å². The molecular formula is C25H31ClFN7O2. The first kappa shape index (κ1) is 24.7. The maximum absolute atomic E-state index is 14.4. The average Bonchev–Trinajstić information content (AvgIpc) is 3.52. The first-order chi connectivity index (χ1) is 17.4. The van der Waals surface area contributed by atoms with Crippen molar-refractivity contribution in [1.82, 2.24) is 20.1 Å². The van der Waals surface area contributed by atoms with Gasteiger partial charge in [0.1, 0.15) is 5.82 Å². The molecule has 2 atom stereocenters. The normalized spacial score (nSPS) is 20.9. The van der Waals surface area contributed by atoms with E-state index in [4.69, 9.17) is 26.6 Å². The van der Waals surface area contributed by atoms with Gasteiger partial charge in [-0.25, -0.2) is 14.4 Å². The number of ether oxygens (including phenoxy) is 1. The van der Waals surface area contributed by atoms with Gasteiger partial charge in [-0.1, -0.05) is 30.6 Å². The SMILES string of the molecule is CC(C)c1noc(N2CCC(COc3cnc(N4CC(N)C(c5cc(Cl)ccc5F)C4)nc3)CC2)n1. The highest BCUT2D eigenvalue weighted by Crippen LogP contribution is 2.32. The number of aromatic nitrogens is 4. The van der Waals surface area contributed by atoms with Crippen molar-refractivity contribution < 1.29 is 13.7 Å². The van der Waals surface area contributed by atoms with Crippen LogP contribution in [0, 0.1) is 11.7 Å². The summed E-state index contributed by atoms with van der Waals surface area (Å²) in [4.78, 5) is 17.5. The van der Waals surface area contributed by atoms with Gasteiger partial charge in [0.15, 0.2) is 11.6 Å². The molecule has 0 amide bonds. The summed E-state index contributed by atoms with van der Waals surface area (Å²) in [7, 11) is 0. The molecule has 0 bridgehead atoms. The molecule has 192 valence electrons. The zero-order chi connectivity index (χ0) is 25.2. The third-order valence-corrected chi connectivity index (χ3v) is 7.17. The van der Waals surface area contributed by atoms with Crippen LogP contribution in [-0.2, 0) is 0 Å². The number of hydrogen-bond acceptors (Lipinski definition) is 9. The van der Waals surface area contributed by atoms with E-state index >= 15 is 0 Å². The van der Waals surface area contributed by atoms with Crippen LogP contribution in [0.4, 0.5) is 16.4 Å². The Hall–Kier alpha value is -2.98. The third kappa shape index (κ3) is 5.39. The topological polar surface area (TPSA) is 106 Å². The number of nitrogens with two attached hydrogens (primary N) is 1. The number of benzene rings is 1. The molecular weight excluding hydrogens is 485 g/mol. The molecule has 0 saturated carbocycles. The van der Waals surface area contributed by atoms with E-state index in [1.54, 1.807) is 24.5 Å². The van der Waals surface area contributed by atoms with E-state index in [-0.39, 0.29) is 23.7 Å². The van der Waals surface area contributed by atoms with Gasteiger partial charge in [0, 0.05) is 49.1 Å². The summed E-state index contributed by atoms with van der Waals surface area (Å²) in [5.41, 5.74) is 6.86. The van der Waals surface area contributed by atoms with Crippen LogP contribution in [0.5, 0.6) is 5.75 Å². The van der Waals surface area contributed by atoms with Gasteiger partial charge in [0.05, 0.1) is 19.0 Å². The highest BCUT2D eigenvalue weighted by atomic mass is 35.5. The van der Waals surface area contributed by atoms with Crippen molar-refractivity contribution in [3.05, 3.63) is 52.8 Å². The summed E-state index contributed by atoms with van der Waals surface area (Å²) in [5, 5.41) is 4.55. The Bertz CT molecular complexity index is 1170. The summed E-state index contributed by atoms with van der Waals surface area (Å²) in [6.45, 7) is 7.47. The number of halogens is 2. The van der Waals surface area contributed by atoms with Gasteiger partial charge >= 0.3 is 6.01 Å². The number of piperidine rings is 1. The second kappa shape index (κ2) is 10.6. The first-order valence-electron chi connectivity index (χ1n) is 12.4. The Kier molecular flexibility index (Phi) is 7.25. The maximum atomic E-state index is 14.4. The van der Waals surface area contributed by atoms with E-state index < -0.39 is 0 Å². The minimum atomic E-state index is -0.297.